The molecule has 1 amide bonds. The van der Waals surface area contributed by atoms with Crippen LogP contribution in [0.5, 0.6) is 0 Å². The molecule has 0 saturated heterocycles. The summed E-state index contributed by atoms with van der Waals surface area (Å²) < 4.78 is 6.54. The standard InChI is InChI=1S/C18H17N3O3/c1-24-11-10-21-12-15(13-6-2-3-7-14(13)18(21)23)17(22)20-16-8-4-5-9-19-16/h2-9,12H,10-11H2,1H3,(H,19,20,22). The first-order chi connectivity index (χ1) is 11.7. The molecule has 0 fully saturated rings. The lowest BCUT2D eigenvalue weighted by molar-refractivity contribution is 0.102. The second-order valence-corrected chi connectivity index (χ2v) is 5.25. The zero-order valence-corrected chi connectivity index (χ0v) is 13.2. The molecule has 2 aromatic heterocycles. The molecular weight excluding hydrogens is 306 g/mol. The Bertz CT molecular complexity index is 920. The van der Waals surface area contributed by atoms with Crippen molar-refractivity contribution in [3.05, 3.63) is 70.8 Å². The minimum absolute atomic E-state index is 0.142. The van der Waals surface area contributed by atoms with Crippen molar-refractivity contribution in [1.29, 1.82) is 0 Å². The first-order valence-electron chi connectivity index (χ1n) is 7.54. The van der Waals surface area contributed by atoms with Gasteiger partial charge in [-0.3, -0.25) is 9.59 Å². The Kier molecular flexibility index (Phi) is 4.67. The SMILES string of the molecule is COCCn1cc(C(=O)Nc2ccccn2)c2ccccc2c1=O. The number of amides is 1. The predicted molar refractivity (Wildman–Crippen MR) is 92.3 cm³/mol. The molecule has 6 heteroatoms. The largest absolute Gasteiger partial charge is 0.383 e. The van der Waals surface area contributed by atoms with Crippen LogP contribution in [0.25, 0.3) is 10.8 Å². The molecule has 0 radical (unpaired) electrons. The number of nitrogens with one attached hydrogen (secondary N) is 1. The number of nitrogens with zero attached hydrogens (tertiary/aromatic N) is 2. The van der Waals surface area contributed by atoms with Crippen LogP contribution in [0, 0.1) is 0 Å². The number of carbonyl (C=O) groups is 1. The van der Waals surface area contributed by atoms with Crippen LogP contribution in [0.15, 0.2) is 59.7 Å². The fraction of sp³-hybridized carbons (Fsp3) is 0.167. The minimum Gasteiger partial charge on any atom is -0.383 e. The molecule has 0 aliphatic rings. The number of methoxy groups -OCH3 is 1. The first-order valence-corrected chi connectivity index (χ1v) is 7.54. The molecule has 6 nitrogen and oxygen atoms in total. The highest BCUT2D eigenvalue weighted by atomic mass is 16.5. The number of carbonyl (C=O) groups excluding carboxylic acids is 1. The van der Waals surface area contributed by atoms with Crippen LogP contribution >= 0.6 is 0 Å². The molecule has 3 aromatic rings. The number of fused-ring (bicyclic) bond motifs is 1. The second-order valence-electron chi connectivity index (χ2n) is 5.25. The van der Waals surface area contributed by atoms with Gasteiger partial charge in [-0.25, -0.2) is 4.98 Å². The maximum atomic E-state index is 12.7. The summed E-state index contributed by atoms with van der Waals surface area (Å²) in [7, 11) is 1.57. The number of aromatic nitrogens is 2. The van der Waals surface area contributed by atoms with Gasteiger partial charge in [-0.2, -0.15) is 0 Å². The van der Waals surface area contributed by atoms with Crippen molar-refractivity contribution in [3.8, 4) is 0 Å². The topological polar surface area (TPSA) is 73.2 Å². The Balaban J connectivity index is 2.07. The van der Waals surface area contributed by atoms with Gasteiger partial charge in [0.1, 0.15) is 5.82 Å². The number of pyridine rings is 2. The average Bonchev–Trinajstić information content (AvgIpc) is 2.62. The van der Waals surface area contributed by atoms with Gasteiger partial charge in [0.05, 0.1) is 12.2 Å². The van der Waals surface area contributed by atoms with Crippen molar-refractivity contribution < 1.29 is 9.53 Å². The smallest absolute Gasteiger partial charge is 0.258 e. The summed E-state index contributed by atoms with van der Waals surface area (Å²) in [6, 6.07) is 12.4. The predicted octanol–water partition coefficient (Wildman–Crippen LogP) is 2.30. The molecule has 0 atom stereocenters. The van der Waals surface area contributed by atoms with Crippen LogP contribution in [0.4, 0.5) is 5.82 Å². The van der Waals surface area contributed by atoms with Crippen molar-refractivity contribution in [2.75, 3.05) is 19.0 Å². The monoisotopic (exact) mass is 323 g/mol. The van der Waals surface area contributed by atoms with E-state index in [1.807, 2.05) is 0 Å². The summed E-state index contributed by atoms with van der Waals surface area (Å²) >= 11 is 0. The van der Waals surface area contributed by atoms with E-state index in [9.17, 15) is 9.59 Å². The zero-order chi connectivity index (χ0) is 16.9. The fourth-order valence-corrected chi connectivity index (χ4v) is 2.50. The molecule has 3 rings (SSSR count). The highest BCUT2D eigenvalue weighted by Crippen LogP contribution is 2.17. The summed E-state index contributed by atoms with van der Waals surface area (Å²) in [5.41, 5.74) is 0.281. The van der Waals surface area contributed by atoms with Gasteiger partial charge in [0, 0.05) is 36.8 Å². The molecule has 0 bridgehead atoms. The van der Waals surface area contributed by atoms with E-state index in [0.717, 1.165) is 0 Å². The van der Waals surface area contributed by atoms with Gasteiger partial charge < -0.3 is 14.6 Å². The molecular formula is C18H17N3O3. The number of benzene rings is 1. The number of hydrogen-bond donors (Lipinski definition) is 1. The van der Waals surface area contributed by atoms with Crippen LogP contribution in [0.2, 0.25) is 0 Å². The van der Waals surface area contributed by atoms with Crippen LogP contribution in [0.1, 0.15) is 10.4 Å². The van der Waals surface area contributed by atoms with Crippen molar-refractivity contribution >= 4 is 22.5 Å². The summed E-state index contributed by atoms with van der Waals surface area (Å²) in [6.07, 6.45) is 3.18. The lowest BCUT2D eigenvalue weighted by Crippen LogP contribution is -2.25. The molecule has 0 aliphatic carbocycles. The molecule has 0 unspecified atom stereocenters. The van der Waals surface area contributed by atoms with E-state index in [-0.39, 0.29) is 11.5 Å². The average molecular weight is 323 g/mol. The fourth-order valence-electron chi connectivity index (χ4n) is 2.50. The Morgan fingerprint density at radius 1 is 1.17 bits per heavy atom. The summed E-state index contributed by atoms with van der Waals surface area (Å²) in [6.45, 7) is 0.767. The Morgan fingerprint density at radius 2 is 1.92 bits per heavy atom. The van der Waals surface area contributed by atoms with Crippen molar-refractivity contribution in [1.82, 2.24) is 9.55 Å². The van der Waals surface area contributed by atoms with E-state index < -0.39 is 0 Å². The lowest BCUT2D eigenvalue weighted by Gasteiger charge is -2.12. The van der Waals surface area contributed by atoms with Crippen molar-refractivity contribution in [3.63, 3.8) is 0 Å². The van der Waals surface area contributed by atoms with E-state index in [1.54, 1.807) is 62.0 Å². The third kappa shape index (κ3) is 3.18. The van der Waals surface area contributed by atoms with E-state index in [4.69, 9.17) is 4.74 Å². The van der Waals surface area contributed by atoms with E-state index >= 15 is 0 Å². The Labute approximate surface area is 138 Å². The normalized spacial score (nSPS) is 10.7. The van der Waals surface area contributed by atoms with Gasteiger partial charge in [0.25, 0.3) is 11.5 Å². The molecule has 0 aliphatic heterocycles. The quantitative estimate of drug-likeness (QED) is 0.782. The maximum Gasteiger partial charge on any atom is 0.258 e. The highest BCUT2D eigenvalue weighted by molar-refractivity contribution is 6.12. The molecule has 1 aromatic carbocycles. The van der Waals surface area contributed by atoms with E-state index in [2.05, 4.69) is 10.3 Å². The summed E-state index contributed by atoms with van der Waals surface area (Å²) in [5, 5.41) is 3.87. The van der Waals surface area contributed by atoms with E-state index in [0.29, 0.717) is 35.3 Å². The number of ether oxygens (including phenoxy) is 1. The molecule has 0 saturated carbocycles. The van der Waals surface area contributed by atoms with Gasteiger partial charge in [-0.1, -0.05) is 24.3 Å². The summed E-state index contributed by atoms with van der Waals surface area (Å²) in [5.74, 6) is 0.150. The minimum atomic E-state index is -0.309. The molecule has 1 N–H and O–H groups in total. The van der Waals surface area contributed by atoms with E-state index in [1.165, 1.54) is 4.57 Å². The maximum absolute atomic E-state index is 12.7. The number of hydrogen-bond acceptors (Lipinski definition) is 4. The van der Waals surface area contributed by atoms with Crippen LogP contribution < -0.4 is 10.9 Å². The van der Waals surface area contributed by atoms with Crippen LogP contribution in [-0.4, -0.2) is 29.2 Å². The van der Waals surface area contributed by atoms with Crippen molar-refractivity contribution in [2.24, 2.45) is 0 Å². The first kappa shape index (κ1) is 15.9. The third-order valence-electron chi connectivity index (χ3n) is 3.68. The van der Waals surface area contributed by atoms with Gasteiger partial charge in [-0.05, 0) is 18.2 Å². The van der Waals surface area contributed by atoms with Gasteiger partial charge in [-0.15, -0.1) is 0 Å². The Morgan fingerprint density at radius 3 is 2.62 bits per heavy atom. The summed E-state index contributed by atoms with van der Waals surface area (Å²) in [4.78, 5) is 29.3. The number of rotatable bonds is 5. The highest BCUT2D eigenvalue weighted by Gasteiger charge is 2.15. The molecule has 122 valence electrons. The number of anilines is 1. The van der Waals surface area contributed by atoms with Gasteiger partial charge in [0.15, 0.2) is 0 Å². The van der Waals surface area contributed by atoms with Gasteiger partial charge in [0.2, 0.25) is 0 Å². The van der Waals surface area contributed by atoms with Crippen molar-refractivity contribution in [2.45, 2.75) is 6.54 Å². The third-order valence-corrected chi connectivity index (χ3v) is 3.68. The van der Waals surface area contributed by atoms with Crippen LogP contribution in [0.3, 0.4) is 0 Å². The lowest BCUT2D eigenvalue weighted by atomic mass is 10.1. The molecule has 0 spiro atoms. The van der Waals surface area contributed by atoms with Crippen LogP contribution in [-0.2, 0) is 11.3 Å². The Hall–Kier alpha value is -2.99. The molecule has 24 heavy (non-hydrogen) atoms. The van der Waals surface area contributed by atoms with Gasteiger partial charge >= 0.3 is 0 Å². The zero-order valence-electron chi connectivity index (χ0n) is 13.2. The molecule has 2 heterocycles. The second kappa shape index (κ2) is 7.06.